The van der Waals surface area contributed by atoms with E-state index < -0.39 is 0 Å². The van der Waals surface area contributed by atoms with E-state index in [1.165, 1.54) is 0 Å². The van der Waals surface area contributed by atoms with Crippen LogP contribution in [0.4, 0.5) is 0 Å². The van der Waals surface area contributed by atoms with Crippen LogP contribution >= 0.6 is 0 Å². The second-order valence-electron chi connectivity index (χ2n) is 2.50. The lowest BCUT2D eigenvalue weighted by Crippen LogP contribution is -2.26. The summed E-state index contributed by atoms with van der Waals surface area (Å²) in [5.41, 5.74) is 0. The van der Waals surface area contributed by atoms with Crippen molar-refractivity contribution in [1.29, 1.82) is 0 Å². The third-order valence-electron chi connectivity index (χ3n) is 1.63. The Morgan fingerprint density at radius 3 is 2.90 bits per heavy atom. The van der Waals surface area contributed by atoms with Gasteiger partial charge in [-0.05, 0) is 19.3 Å². The first-order chi connectivity index (χ1) is 4.79. The number of rotatable bonds is 2. The van der Waals surface area contributed by atoms with Crippen LogP contribution in [-0.4, -0.2) is 24.2 Å². The van der Waals surface area contributed by atoms with Crippen LogP contribution in [0.1, 0.15) is 19.3 Å². The van der Waals surface area contributed by atoms with E-state index in [0.29, 0.717) is 6.61 Å². The van der Waals surface area contributed by atoms with Gasteiger partial charge in [-0.1, -0.05) is 0 Å². The molecule has 1 aliphatic rings. The summed E-state index contributed by atoms with van der Waals surface area (Å²) in [7, 11) is 0. The summed E-state index contributed by atoms with van der Waals surface area (Å²) in [6.07, 6.45) is 2.84. The normalized spacial score (nSPS) is 26.2. The molecule has 1 rings (SSSR count). The van der Waals surface area contributed by atoms with Gasteiger partial charge in [0.2, 0.25) is 6.54 Å². The molecular weight excluding hydrogens is 134 g/mol. The van der Waals surface area contributed by atoms with Crippen LogP contribution in [0.5, 0.6) is 0 Å². The third-order valence-corrected chi connectivity index (χ3v) is 1.63. The fraction of sp³-hybridized carbons (Fsp3) is 1.00. The van der Waals surface area contributed by atoms with Crippen molar-refractivity contribution < 1.29 is 9.66 Å². The fourth-order valence-corrected chi connectivity index (χ4v) is 1.12. The van der Waals surface area contributed by atoms with Crippen molar-refractivity contribution in [3.05, 3.63) is 10.1 Å². The molecule has 0 saturated carbocycles. The molecule has 1 heterocycles. The van der Waals surface area contributed by atoms with Crippen molar-refractivity contribution in [1.82, 2.24) is 0 Å². The molecule has 1 aliphatic heterocycles. The van der Waals surface area contributed by atoms with Gasteiger partial charge in [-0.3, -0.25) is 10.1 Å². The Morgan fingerprint density at radius 2 is 2.40 bits per heavy atom. The van der Waals surface area contributed by atoms with Crippen molar-refractivity contribution >= 4 is 0 Å². The lowest BCUT2D eigenvalue weighted by atomic mass is 10.1. The van der Waals surface area contributed by atoms with Crippen LogP contribution < -0.4 is 0 Å². The summed E-state index contributed by atoms with van der Waals surface area (Å²) in [5, 5.41) is 9.99. The molecule has 4 nitrogen and oxygen atoms in total. The van der Waals surface area contributed by atoms with Gasteiger partial charge in [-0.15, -0.1) is 0 Å². The highest BCUT2D eigenvalue weighted by molar-refractivity contribution is 4.61. The second-order valence-corrected chi connectivity index (χ2v) is 2.50. The molecular formula is C6H11NO3. The maximum Gasteiger partial charge on any atom is 0.229 e. The Balaban J connectivity index is 2.19. The summed E-state index contributed by atoms with van der Waals surface area (Å²) in [6.45, 7) is 0.665. The number of hydrogen-bond donors (Lipinski definition) is 0. The van der Waals surface area contributed by atoms with E-state index in [2.05, 4.69) is 0 Å². The molecule has 0 aromatic heterocycles. The van der Waals surface area contributed by atoms with Crippen LogP contribution in [-0.2, 0) is 4.74 Å². The summed E-state index contributed by atoms with van der Waals surface area (Å²) < 4.78 is 5.15. The zero-order chi connectivity index (χ0) is 7.40. The van der Waals surface area contributed by atoms with E-state index in [9.17, 15) is 10.1 Å². The summed E-state index contributed by atoms with van der Waals surface area (Å²) in [6, 6.07) is 0. The summed E-state index contributed by atoms with van der Waals surface area (Å²) in [4.78, 5) is 9.68. The predicted molar refractivity (Wildman–Crippen MR) is 35.5 cm³/mol. The van der Waals surface area contributed by atoms with E-state index >= 15 is 0 Å². The van der Waals surface area contributed by atoms with E-state index in [0.717, 1.165) is 19.3 Å². The number of hydrogen-bond acceptors (Lipinski definition) is 3. The highest BCUT2D eigenvalue weighted by Crippen LogP contribution is 2.12. The largest absolute Gasteiger partial charge is 0.371 e. The molecule has 10 heavy (non-hydrogen) atoms. The van der Waals surface area contributed by atoms with Crippen molar-refractivity contribution in [3.8, 4) is 0 Å². The van der Waals surface area contributed by atoms with Crippen LogP contribution in [0.15, 0.2) is 0 Å². The van der Waals surface area contributed by atoms with Gasteiger partial charge in [0.1, 0.15) is 6.10 Å². The van der Waals surface area contributed by atoms with Gasteiger partial charge in [0.05, 0.1) is 0 Å². The zero-order valence-corrected chi connectivity index (χ0v) is 5.78. The number of nitro groups is 1. The molecule has 0 amide bonds. The van der Waals surface area contributed by atoms with Crippen LogP contribution in [0.2, 0.25) is 0 Å². The molecule has 0 N–H and O–H groups in total. The van der Waals surface area contributed by atoms with E-state index in [-0.39, 0.29) is 17.6 Å². The van der Waals surface area contributed by atoms with Crippen LogP contribution in [0.25, 0.3) is 0 Å². The monoisotopic (exact) mass is 145 g/mol. The molecule has 0 radical (unpaired) electrons. The topological polar surface area (TPSA) is 52.4 Å². The van der Waals surface area contributed by atoms with Gasteiger partial charge in [0.25, 0.3) is 0 Å². The minimum atomic E-state index is -0.310. The van der Waals surface area contributed by atoms with E-state index in [1.807, 2.05) is 0 Å². The van der Waals surface area contributed by atoms with E-state index in [1.54, 1.807) is 0 Å². The summed E-state index contributed by atoms with van der Waals surface area (Å²) in [5.74, 6) is 0. The van der Waals surface area contributed by atoms with Crippen molar-refractivity contribution in [3.63, 3.8) is 0 Å². The van der Waals surface area contributed by atoms with E-state index in [4.69, 9.17) is 4.74 Å². The number of nitrogens with zero attached hydrogens (tertiary/aromatic N) is 1. The summed E-state index contributed by atoms with van der Waals surface area (Å²) >= 11 is 0. The van der Waals surface area contributed by atoms with Gasteiger partial charge >= 0.3 is 0 Å². The Labute approximate surface area is 59.3 Å². The maximum absolute atomic E-state index is 9.99. The maximum atomic E-state index is 9.99. The molecule has 0 aliphatic carbocycles. The average molecular weight is 145 g/mol. The Hall–Kier alpha value is -0.640. The molecule has 1 atom stereocenters. The molecule has 1 fully saturated rings. The van der Waals surface area contributed by atoms with Crippen molar-refractivity contribution in [2.24, 2.45) is 0 Å². The fourth-order valence-electron chi connectivity index (χ4n) is 1.12. The first kappa shape index (κ1) is 7.47. The Kier molecular flexibility index (Phi) is 2.62. The van der Waals surface area contributed by atoms with Crippen molar-refractivity contribution in [2.45, 2.75) is 25.4 Å². The molecule has 58 valence electrons. The average Bonchev–Trinajstić information content (AvgIpc) is 1.88. The lowest BCUT2D eigenvalue weighted by Gasteiger charge is -2.18. The molecule has 0 bridgehead atoms. The first-order valence-corrected chi connectivity index (χ1v) is 3.52. The molecule has 1 unspecified atom stereocenters. The standard InChI is InChI=1S/C6H11NO3/c8-7(9)5-6-3-1-2-4-10-6/h6H,1-5H2. The van der Waals surface area contributed by atoms with Gasteiger partial charge in [0, 0.05) is 11.5 Å². The van der Waals surface area contributed by atoms with Gasteiger partial charge in [-0.2, -0.15) is 0 Å². The molecule has 4 heteroatoms. The van der Waals surface area contributed by atoms with Gasteiger partial charge < -0.3 is 4.74 Å². The van der Waals surface area contributed by atoms with Gasteiger partial charge in [-0.25, -0.2) is 0 Å². The molecule has 0 spiro atoms. The Bertz CT molecular complexity index is 120. The van der Waals surface area contributed by atoms with Crippen LogP contribution in [0.3, 0.4) is 0 Å². The van der Waals surface area contributed by atoms with Crippen LogP contribution in [0, 0.1) is 10.1 Å². The quantitative estimate of drug-likeness (QED) is 0.427. The minimum absolute atomic E-state index is 0.0278. The third kappa shape index (κ3) is 2.31. The minimum Gasteiger partial charge on any atom is -0.371 e. The molecule has 0 aromatic carbocycles. The lowest BCUT2D eigenvalue weighted by molar-refractivity contribution is -0.492. The highest BCUT2D eigenvalue weighted by Gasteiger charge is 2.18. The zero-order valence-electron chi connectivity index (χ0n) is 5.78. The SMILES string of the molecule is O=[N+]([O-])CC1CCCCO1. The predicted octanol–water partition coefficient (Wildman–Crippen LogP) is 0.832. The Morgan fingerprint density at radius 1 is 1.60 bits per heavy atom. The molecule has 1 saturated heterocycles. The van der Waals surface area contributed by atoms with Gasteiger partial charge in [0.15, 0.2) is 0 Å². The second kappa shape index (κ2) is 3.51. The smallest absolute Gasteiger partial charge is 0.229 e. The van der Waals surface area contributed by atoms with Crippen molar-refractivity contribution in [2.75, 3.05) is 13.2 Å². The molecule has 0 aromatic rings. The first-order valence-electron chi connectivity index (χ1n) is 3.52. The number of ether oxygens (including phenoxy) is 1. The highest BCUT2D eigenvalue weighted by atomic mass is 16.6.